The van der Waals surface area contributed by atoms with E-state index < -0.39 is 0 Å². The van der Waals surface area contributed by atoms with Crippen molar-refractivity contribution >= 4 is 11.6 Å². The molecule has 0 N–H and O–H groups in total. The monoisotopic (exact) mass is 347 g/mol. The third-order valence-corrected chi connectivity index (χ3v) is 4.89. The molecule has 0 aliphatic carbocycles. The van der Waals surface area contributed by atoms with E-state index >= 15 is 0 Å². The summed E-state index contributed by atoms with van der Waals surface area (Å²) < 4.78 is 7.64. The maximum atomic E-state index is 13.2. The van der Waals surface area contributed by atoms with Gasteiger partial charge in [-0.25, -0.2) is 0 Å². The van der Waals surface area contributed by atoms with Crippen molar-refractivity contribution in [2.24, 2.45) is 7.05 Å². The Kier molecular flexibility index (Phi) is 3.80. The van der Waals surface area contributed by atoms with Crippen molar-refractivity contribution < 1.29 is 9.53 Å². The van der Waals surface area contributed by atoms with Crippen LogP contribution in [0.5, 0.6) is 5.75 Å². The van der Waals surface area contributed by atoms with Crippen LogP contribution in [0.3, 0.4) is 0 Å². The van der Waals surface area contributed by atoms with Crippen LogP contribution in [0.1, 0.15) is 27.2 Å². The maximum Gasteiger partial charge on any atom is 0.278 e. The van der Waals surface area contributed by atoms with Gasteiger partial charge in [-0.1, -0.05) is 24.3 Å². The van der Waals surface area contributed by atoms with Crippen LogP contribution >= 0.6 is 0 Å². The van der Waals surface area contributed by atoms with Gasteiger partial charge in [0.15, 0.2) is 5.69 Å². The normalized spacial score (nSPS) is 12.2. The molecule has 5 heteroatoms. The van der Waals surface area contributed by atoms with E-state index in [1.165, 1.54) is 0 Å². The highest BCUT2D eigenvalue weighted by atomic mass is 16.5. The summed E-state index contributed by atoms with van der Waals surface area (Å²) in [6.07, 6.45) is 0. The lowest BCUT2D eigenvalue weighted by Gasteiger charge is -2.21. The number of anilines is 1. The first-order valence-electron chi connectivity index (χ1n) is 8.60. The minimum atomic E-state index is -0.126. The van der Waals surface area contributed by atoms with Gasteiger partial charge in [0.2, 0.25) is 0 Å². The van der Waals surface area contributed by atoms with Gasteiger partial charge in [0, 0.05) is 30.9 Å². The van der Waals surface area contributed by atoms with Crippen molar-refractivity contribution in [2.75, 3.05) is 11.9 Å². The lowest BCUT2D eigenvalue weighted by Crippen LogP contribution is -2.28. The Balaban J connectivity index is 1.78. The van der Waals surface area contributed by atoms with Gasteiger partial charge in [-0.3, -0.25) is 9.48 Å². The molecular weight excluding hydrogens is 326 g/mol. The number of carbonyl (C=O) groups excluding carboxylic acids is 1. The standard InChI is InChI=1S/C21H21N3O2/c1-13-9-10-14(2)17(11-13)23(3)21(25)19-16-12-26-18-8-6-5-7-15(18)20(16)24(4)22-19/h5-11H,12H2,1-4H3. The number of nitrogens with zero attached hydrogens (tertiary/aromatic N) is 3. The third-order valence-electron chi connectivity index (χ3n) is 4.89. The predicted octanol–water partition coefficient (Wildman–Crippen LogP) is 3.87. The van der Waals surface area contributed by atoms with Gasteiger partial charge in [0.25, 0.3) is 5.91 Å². The number of rotatable bonds is 2. The van der Waals surface area contributed by atoms with E-state index in [2.05, 4.69) is 5.10 Å². The number of aryl methyl sites for hydroxylation is 3. The molecule has 1 aliphatic heterocycles. The summed E-state index contributed by atoms with van der Waals surface area (Å²) >= 11 is 0. The number of benzene rings is 2. The molecule has 0 saturated heterocycles. The molecule has 4 rings (SSSR count). The van der Waals surface area contributed by atoms with E-state index in [0.717, 1.165) is 39.4 Å². The minimum Gasteiger partial charge on any atom is -0.488 e. The van der Waals surface area contributed by atoms with Crippen molar-refractivity contribution in [3.8, 4) is 17.0 Å². The van der Waals surface area contributed by atoms with Gasteiger partial charge in [-0.15, -0.1) is 0 Å². The fourth-order valence-electron chi connectivity index (χ4n) is 3.50. The van der Waals surface area contributed by atoms with Crippen molar-refractivity contribution in [2.45, 2.75) is 20.5 Å². The number of aromatic nitrogens is 2. The highest BCUT2D eigenvalue weighted by molar-refractivity contribution is 6.07. The molecule has 1 aliphatic rings. The maximum absolute atomic E-state index is 13.2. The first-order chi connectivity index (χ1) is 12.5. The average Bonchev–Trinajstić information content (AvgIpc) is 2.99. The number of hydrogen-bond donors (Lipinski definition) is 0. The molecule has 1 amide bonds. The van der Waals surface area contributed by atoms with Crippen molar-refractivity contribution in [1.29, 1.82) is 0 Å². The molecule has 0 fully saturated rings. The van der Waals surface area contributed by atoms with Crippen LogP contribution in [0.2, 0.25) is 0 Å². The molecule has 0 spiro atoms. The van der Waals surface area contributed by atoms with Gasteiger partial charge in [-0.2, -0.15) is 5.10 Å². The SMILES string of the molecule is Cc1ccc(C)c(N(C)C(=O)c2nn(C)c3c2COc2ccccc2-3)c1. The van der Waals surface area contributed by atoms with Crippen molar-refractivity contribution in [3.63, 3.8) is 0 Å². The quantitative estimate of drug-likeness (QED) is 0.707. The number of hydrogen-bond acceptors (Lipinski definition) is 3. The van der Waals surface area contributed by atoms with E-state index in [4.69, 9.17) is 4.74 Å². The summed E-state index contributed by atoms with van der Waals surface area (Å²) in [5.41, 5.74) is 6.27. The molecule has 0 radical (unpaired) electrons. The molecule has 132 valence electrons. The Labute approximate surface area is 152 Å². The molecule has 1 aromatic heterocycles. The first-order valence-corrected chi connectivity index (χ1v) is 8.60. The third kappa shape index (κ3) is 2.47. The molecule has 0 bridgehead atoms. The van der Waals surface area contributed by atoms with Gasteiger partial charge < -0.3 is 9.64 Å². The van der Waals surface area contributed by atoms with E-state index in [0.29, 0.717) is 12.3 Å². The molecule has 3 aromatic rings. The summed E-state index contributed by atoms with van der Waals surface area (Å²) in [5, 5.41) is 4.54. The van der Waals surface area contributed by atoms with Crippen LogP contribution < -0.4 is 9.64 Å². The van der Waals surface area contributed by atoms with Crippen LogP contribution in [-0.4, -0.2) is 22.7 Å². The van der Waals surface area contributed by atoms with Gasteiger partial charge >= 0.3 is 0 Å². The van der Waals surface area contributed by atoms with Crippen LogP contribution in [0, 0.1) is 13.8 Å². The van der Waals surface area contributed by atoms with Gasteiger partial charge in [0.05, 0.1) is 5.69 Å². The summed E-state index contributed by atoms with van der Waals surface area (Å²) in [6, 6.07) is 13.9. The lowest BCUT2D eigenvalue weighted by molar-refractivity contribution is 0.0985. The second-order valence-corrected chi connectivity index (χ2v) is 6.74. The van der Waals surface area contributed by atoms with Crippen molar-refractivity contribution in [1.82, 2.24) is 9.78 Å². The first kappa shape index (κ1) is 16.4. The topological polar surface area (TPSA) is 47.4 Å². The van der Waals surface area contributed by atoms with E-state index in [-0.39, 0.29) is 5.91 Å². The van der Waals surface area contributed by atoms with Crippen LogP contribution in [0.15, 0.2) is 42.5 Å². The molecule has 2 aromatic carbocycles. The Morgan fingerprint density at radius 2 is 1.96 bits per heavy atom. The highest BCUT2D eigenvalue weighted by Crippen LogP contribution is 2.38. The second-order valence-electron chi connectivity index (χ2n) is 6.74. The molecule has 0 unspecified atom stereocenters. The fraction of sp³-hybridized carbons (Fsp3) is 0.238. The minimum absolute atomic E-state index is 0.126. The summed E-state index contributed by atoms with van der Waals surface area (Å²) in [4.78, 5) is 14.9. The van der Waals surface area contributed by atoms with Gasteiger partial charge in [-0.05, 0) is 43.2 Å². The Morgan fingerprint density at radius 1 is 1.19 bits per heavy atom. The Hall–Kier alpha value is -3.08. The molecule has 5 nitrogen and oxygen atoms in total. The smallest absolute Gasteiger partial charge is 0.278 e. The van der Waals surface area contributed by atoms with Crippen molar-refractivity contribution in [3.05, 3.63) is 64.8 Å². The van der Waals surface area contributed by atoms with Crippen LogP contribution in [-0.2, 0) is 13.7 Å². The molecule has 2 heterocycles. The predicted molar refractivity (Wildman–Crippen MR) is 102 cm³/mol. The van der Waals surface area contributed by atoms with E-state index in [1.807, 2.05) is 63.4 Å². The van der Waals surface area contributed by atoms with Crippen LogP contribution in [0.25, 0.3) is 11.3 Å². The lowest BCUT2D eigenvalue weighted by atomic mass is 10.0. The summed E-state index contributed by atoms with van der Waals surface area (Å²) in [6.45, 7) is 4.38. The number of para-hydroxylation sites is 1. The summed E-state index contributed by atoms with van der Waals surface area (Å²) in [5.74, 6) is 0.698. The van der Waals surface area contributed by atoms with E-state index in [9.17, 15) is 4.79 Å². The largest absolute Gasteiger partial charge is 0.488 e. The highest BCUT2D eigenvalue weighted by Gasteiger charge is 2.30. The number of fused-ring (bicyclic) bond motifs is 3. The molecule has 0 saturated carbocycles. The Bertz CT molecular complexity index is 1020. The number of carbonyl (C=O) groups is 1. The molecular formula is C21H21N3O2. The number of ether oxygens (including phenoxy) is 1. The van der Waals surface area contributed by atoms with Gasteiger partial charge in [0.1, 0.15) is 12.4 Å². The molecule has 26 heavy (non-hydrogen) atoms. The number of amides is 1. The zero-order valence-corrected chi connectivity index (χ0v) is 15.4. The summed E-state index contributed by atoms with van der Waals surface area (Å²) in [7, 11) is 3.67. The second kappa shape index (κ2) is 6.02. The van der Waals surface area contributed by atoms with E-state index in [1.54, 1.807) is 16.6 Å². The molecule has 0 atom stereocenters. The average molecular weight is 347 g/mol. The zero-order chi connectivity index (χ0) is 18.4. The van der Waals surface area contributed by atoms with Crippen LogP contribution in [0.4, 0.5) is 5.69 Å². The Morgan fingerprint density at radius 3 is 2.77 bits per heavy atom. The zero-order valence-electron chi connectivity index (χ0n) is 15.4. The fourth-order valence-corrected chi connectivity index (χ4v) is 3.50.